The highest BCUT2D eigenvalue weighted by molar-refractivity contribution is 5.78. The molecule has 0 spiro atoms. The summed E-state index contributed by atoms with van der Waals surface area (Å²) < 4.78 is 0. The van der Waals surface area contributed by atoms with Crippen molar-refractivity contribution < 1.29 is 4.79 Å². The highest BCUT2D eigenvalue weighted by Crippen LogP contribution is 2.09. The number of carbonyl (C=O) groups excluding carboxylic acids is 1. The molecule has 21 heavy (non-hydrogen) atoms. The van der Waals surface area contributed by atoms with E-state index in [2.05, 4.69) is 10.2 Å². The van der Waals surface area contributed by atoms with E-state index in [1.54, 1.807) is 0 Å². The molecular weight excluding hydrogens is 262 g/mol. The summed E-state index contributed by atoms with van der Waals surface area (Å²) in [6, 6.07) is 7.49. The lowest BCUT2D eigenvalue weighted by Crippen LogP contribution is -2.31. The number of likely N-dealkylation sites (tertiary alicyclic amines) is 1. The van der Waals surface area contributed by atoms with Gasteiger partial charge < -0.3 is 16.0 Å². The van der Waals surface area contributed by atoms with Gasteiger partial charge in [0.1, 0.15) is 0 Å². The van der Waals surface area contributed by atoms with Crippen LogP contribution in [0.5, 0.6) is 0 Å². The molecule has 0 saturated carbocycles. The third-order valence-corrected chi connectivity index (χ3v) is 4.02. The molecule has 1 aromatic carbocycles. The van der Waals surface area contributed by atoms with Crippen molar-refractivity contribution in [3.63, 3.8) is 0 Å². The topological polar surface area (TPSA) is 58.4 Å². The molecule has 1 aromatic rings. The predicted molar refractivity (Wildman–Crippen MR) is 87.1 cm³/mol. The molecule has 0 radical (unpaired) electrons. The lowest BCUT2D eigenvalue weighted by Gasteiger charge is -2.19. The number of carbonyl (C=O) groups is 1. The van der Waals surface area contributed by atoms with Gasteiger partial charge in [0.2, 0.25) is 5.91 Å². The second kappa shape index (κ2) is 8.67. The number of nitrogens with zero attached hydrogens (tertiary/aromatic N) is 1. The SMILES string of the molecule is Nc1ccc(CC(=O)NCCCN2CCCCCC2)cc1. The molecule has 1 aliphatic rings. The first-order chi connectivity index (χ1) is 10.2. The Morgan fingerprint density at radius 1 is 1.10 bits per heavy atom. The summed E-state index contributed by atoms with van der Waals surface area (Å²) in [6.45, 7) is 4.31. The van der Waals surface area contributed by atoms with Gasteiger partial charge in [-0.1, -0.05) is 25.0 Å². The van der Waals surface area contributed by atoms with Crippen molar-refractivity contribution >= 4 is 11.6 Å². The number of nitrogens with two attached hydrogens (primary N) is 1. The van der Waals surface area contributed by atoms with Gasteiger partial charge in [0.15, 0.2) is 0 Å². The van der Waals surface area contributed by atoms with Gasteiger partial charge in [-0.25, -0.2) is 0 Å². The Morgan fingerprint density at radius 3 is 2.43 bits per heavy atom. The summed E-state index contributed by atoms with van der Waals surface area (Å²) in [6.07, 6.45) is 6.86. The first-order valence-corrected chi connectivity index (χ1v) is 8.07. The predicted octanol–water partition coefficient (Wildman–Crippen LogP) is 2.19. The average Bonchev–Trinajstić information content (AvgIpc) is 2.75. The molecule has 4 heteroatoms. The van der Waals surface area contributed by atoms with Gasteiger partial charge in [-0.2, -0.15) is 0 Å². The average molecular weight is 289 g/mol. The normalized spacial score (nSPS) is 16.4. The zero-order valence-electron chi connectivity index (χ0n) is 12.8. The van der Waals surface area contributed by atoms with Gasteiger partial charge >= 0.3 is 0 Å². The van der Waals surface area contributed by atoms with Crippen LogP contribution in [0.1, 0.15) is 37.7 Å². The summed E-state index contributed by atoms with van der Waals surface area (Å²) in [4.78, 5) is 14.4. The summed E-state index contributed by atoms with van der Waals surface area (Å²) >= 11 is 0. The number of benzene rings is 1. The van der Waals surface area contributed by atoms with Crippen molar-refractivity contribution in [2.75, 3.05) is 31.9 Å². The van der Waals surface area contributed by atoms with E-state index < -0.39 is 0 Å². The van der Waals surface area contributed by atoms with Gasteiger partial charge in [0.05, 0.1) is 6.42 Å². The molecule has 0 atom stereocenters. The maximum absolute atomic E-state index is 11.8. The zero-order chi connectivity index (χ0) is 14.9. The third kappa shape index (κ3) is 6.17. The number of nitrogens with one attached hydrogen (secondary N) is 1. The van der Waals surface area contributed by atoms with Crippen LogP contribution in [0.15, 0.2) is 24.3 Å². The zero-order valence-corrected chi connectivity index (χ0v) is 12.8. The Labute approximate surface area is 127 Å². The molecule has 116 valence electrons. The van der Waals surface area contributed by atoms with Crippen LogP contribution in [0.4, 0.5) is 5.69 Å². The summed E-state index contributed by atoms with van der Waals surface area (Å²) in [5.74, 6) is 0.0932. The van der Waals surface area contributed by atoms with E-state index in [9.17, 15) is 4.79 Å². The van der Waals surface area contributed by atoms with Crippen LogP contribution in [0, 0.1) is 0 Å². The number of anilines is 1. The van der Waals surface area contributed by atoms with Crippen LogP contribution < -0.4 is 11.1 Å². The van der Waals surface area contributed by atoms with E-state index >= 15 is 0 Å². The van der Waals surface area contributed by atoms with E-state index in [0.29, 0.717) is 6.42 Å². The largest absolute Gasteiger partial charge is 0.399 e. The second-order valence-corrected chi connectivity index (χ2v) is 5.88. The van der Waals surface area contributed by atoms with E-state index in [1.165, 1.54) is 38.8 Å². The summed E-state index contributed by atoms with van der Waals surface area (Å²) in [7, 11) is 0. The van der Waals surface area contributed by atoms with Gasteiger partial charge in [0, 0.05) is 12.2 Å². The lowest BCUT2D eigenvalue weighted by atomic mass is 10.1. The number of amides is 1. The molecule has 0 aliphatic carbocycles. The van der Waals surface area contributed by atoms with Crippen LogP contribution in [0.2, 0.25) is 0 Å². The van der Waals surface area contributed by atoms with E-state index in [4.69, 9.17) is 5.73 Å². The minimum atomic E-state index is 0.0932. The Kier molecular flexibility index (Phi) is 6.54. The first-order valence-electron chi connectivity index (χ1n) is 8.07. The van der Waals surface area contributed by atoms with Crippen molar-refractivity contribution in [1.82, 2.24) is 10.2 Å². The molecule has 1 amide bonds. The maximum Gasteiger partial charge on any atom is 0.224 e. The highest BCUT2D eigenvalue weighted by Gasteiger charge is 2.08. The minimum absolute atomic E-state index is 0.0932. The molecule has 1 saturated heterocycles. The van der Waals surface area contributed by atoms with Gasteiger partial charge in [-0.3, -0.25) is 4.79 Å². The van der Waals surface area contributed by atoms with Crippen molar-refractivity contribution in [2.24, 2.45) is 0 Å². The maximum atomic E-state index is 11.8. The molecule has 1 aliphatic heterocycles. The monoisotopic (exact) mass is 289 g/mol. The molecule has 0 aromatic heterocycles. The lowest BCUT2D eigenvalue weighted by molar-refractivity contribution is -0.120. The van der Waals surface area contributed by atoms with Crippen molar-refractivity contribution in [3.8, 4) is 0 Å². The molecule has 1 heterocycles. The van der Waals surface area contributed by atoms with Crippen LogP contribution in [0.3, 0.4) is 0 Å². The fraction of sp³-hybridized carbons (Fsp3) is 0.588. The smallest absolute Gasteiger partial charge is 0.224 e. The molecule has 1 fully saturated rings. The summed E-state index contributed by atoms with van der Waals surface area (Å²) in [5.41, 5.74) is 7.37. The van der Waals surface area contributed by atoms with E-state index in [1.807, 2.05) is 24.3 Å². The Balaban J connectivity index is 1.59. The van der Waals surface area contributed by atoms with Crippen LogP contribution in [-0.4, -0.2) is 37.0 Å². The third-order valence-electron chi connectivity index (χ3n) is 4.02. The molecular formula is C17H27N3O. The fourth-order valence-electron chi connectivity index (χ4n) is 2.77. The Hall–Kier alpha value is -1.55. The number of nitrogen functional groups attached to an aromatic ring is 1. The van der Waals surface area contributed by atoms with E-state index in [0.717, 1.165) is 30.8 Å². The quantitative estimate of drug-likeness (QED) is 0.623. The van der Waals surface area contributed by atoms with Crippen molar-refractivity contribution in [2.45, 2.75) is 38.5 Å². The standard InChI is InChI=1S/C17H27N3O/c18-16-8-6-15(7-9-16)14-17(21)19-10-5-13-20-11-3-1-2-4-12-20/h6-9H,1-5,10-14,18H2,(H,19,21). The van der Waals surface area contributed by atoms with Gasteiger partial charge in [-0.05, 0) is 56.6 Å². The molecule has 3 N–H and O–H groups in total. The highest BCUT2D eigenvalue weighted by atomic mass is 16.1. The molecule has 4 nitrogen and oxygen atoms in total. The van der Waals surface area contributed by atoms with Crippen LogP contribution >= 0.6 is 0 Å². The number of hydrogen-bond acceptors (Lipinski definition) is 3. The Morgan fingerprint density at radius 2 is 1.76 bits per heavy atom. The molecule has 0 unspecified atom stereocenters. The summed E-state index contributed by atoms with van der Waals surface area (Å²) in [5, 5.41) is 3.00. The van der Waals surface area contributed by atoms with Crippen molar-refractivity contribution in [1.29, 1.82) is 0 Å². The molecule has 2 rings (SSSR count). The van der Waals surface area contributed by atoms with Gasteiger partial charge in [-0.15, -0.1) is 0 Å². The van der Waals surface area contributed by atoms with E-state index in [-0.39, 0.29) is 5.91 Å². The fourth-order valence-corrected chi connectivity index (χ4v) is 2.77. The Bertz CT molecular complexity index is 422. The van der Waals surface area contributed by atoms with Crippen LogP contribution in [0.25, 0.3) is 0 Å². The first kappa shape index (κ1) is 15.8. The molecule has 0 bridgehead atoms. The van der Waals surface area contributed by atoms with Crippen LogP contribution in [-0.2, 0) is 11.2 Å². The number of hydrogen-bond donors (Lipinski definition) is 2. The minimum Gasteiger partial charge on any atom is -0.399 e. The van der Waals surface area contributed by atoms with Gasteiger partial charge in [0.25, 0.3) is 0 Å². The second-order valence-electron chi connectivity index (χ2n) is 5.88. The number of rotatable bonds is 6. The van der Waals surface area contributed by atoms with Crippen molar-refractivity contribution in [3.05, 3.63) is 29.8 Å².